The van der Waals surface area contributed by atoms with E-state index >= 15 is 0 Å². The maximum absolute atomic E-state index is 12.2. The Morgan fingerprint density at radius 3 is 3.14 bits per heavy atom. The molecule has 0 bridgehead atoms. The molecule has 1 N–H and O–H groups in total. The minimum Gasteiger partial charge on any atom is -0.325 e. The van der Waals surface area contributed by atoms with Gasteiger partial charge in [-0.3, -0.25) is 4.79 Å². The lowest BCUT2D eigenvalue weighted by atomic mass is 10.3. The second-order valence-electron chi connectivity index (χ2n) is 4.31. The van der Waals surface area contributed by atoms with Crippen LogP contribution in [-0.4, -0.2) is 25.9 Å². The Kier molecular flexibility index (Phi) is 5.58. The highest BCUT2D eigenvalue weighted by Gasteiger charge is 2.17. The Balaban J connectivity index is 1.99. The van der Waals surface area contributed by atoms with Crippen molar-refractivity contribution in [3.63, 3.8) is 0 Å². The molecular weight excluding hydrogens is 352 g/mol. The van der Waals surface area contributed by atoms with Crippen molar-refractivity contribution in [2.75, 3.05) is 5.32 Å². The Bertz CT molecular complexity index is 643. The number of allylic oxidation sites excluding steroid dienone is 1. The average molecular weight is 367 g/mol. The summed E-state index contributed by atoms with van der Waals surface area (Å²) in [7, 11) is 0. The molecule has 0 spiro atoms. The summed E-state index contributed by atoms with van der Waals surface area (Å²) in [5.74, 6) is -0.0775. The molecule has 1 heterocycles. The second-order valence-corrected chi connectivity index (χ2v) is 6.54. The Morgan fingerprint density at radius 2 is 2.43 bits per heavy atom. The van der Waals surface area contributed by atoms with Gasteiger partial charge in [-0.1, -0.05) is 39.8 Å². The first kappa shape index (κ1) is 15.8. The van der Waals surface area contributed by atoms with Crippen molar-refractivity contribution < 1.29 is 4.79 Å². The number of nitrogens with one attached hydrogen (secondary N) is 1. The van der Waals surface area contributed by atoms with E-state index in [1.165, 1.54) is 11.8 Å². The van der Waals surface area contributed by atoms with Crippen LogP contribution in [0.1, 0.15) is 6.92 Å². The van der Waals surface area contributed by atoms with Gasteiger partial charge < -0.3 is 9.88 Å². The van der Waals surface area contributed by atoms with Crippen LogP contribution in [0, 0.1) is 0 Å². The zero-order valence-electron chi connectivity index (χ0n) is 11.5. The molecule has 0 saturated heterocycles. The van der Waals surface area contributed by atoms with Crippen molar-refractivity contribution in [1.82, 2.24) is 14.8 Å². The van der Waals surface area contributed by atoms with E-state index < -0.39 is 0 Å². The highest BCUT2D eigenvalue weighted by Crippen LogP contribution is 2.23. The van der Waals surface area contributed by atoms with Gasteiger partial charge in [0, 0.05) is 16.7 Å². The summed E-state index contributed by atoms with van der Waals surface area (Å²) < 4.78 is 2.77. The largest absolute Gasteiger partial charge is 0.325 e. The number of carbonyl (C=O) groups excluding carboxylic acids is 1. The molecule has 110 valence electrons. The van der Waals surface area contributed by atoms with E-state index in [4.69, 9.17) is 0 Å². The normalized spacial score (nSPS) is 11.9. The molecule has 1 atom stereocenters. The fraction of sp³-hybridized carbons (Fsp3) is 0.214. The summed E-state index contributed by atoms with van der Waals surface area (Å²) in [6.45, 7) is 6.14. The molecule has 0 aliphatic heterocycles. The summed E-state index contributed by atoms with van der Waals surface area (Å²) in [6, 6.07) is 7.49. The average Bonchev–Trinajstić information content (AvgIpc) is 2.86. The first-order chi connectivity index (χ1) is 10.1. The Hall–Kier alpha value is -1.60. The summed E-state index contributed by atoms with van der Waals surface area (Å²) >= 11 is 4.74. The first-order valence-electron chi connectivity index (χ1n) is 6.32. The molecule has 1 aromatic heterocycles. The van der Waals surface area contributed by atoms with Crippen LogP contribution in [-0.2, 0) is 11.3 Å². The minimum atomic E-state index is -0.281. The van der Waals surface area contributed by atoms with Crippen LogP contribution in [0.2, 0.25) is 0 Å². The monoisotopic (exact) mass is 366 g/mol. The first-order valence-corrected chi connectivity index (χ1v) is 7.99. The number of aromatic nitrogens is 3. The lowest BCUT2D eigenvalue weighted by molar-refractivity contribution is -0.115. The number of hydrogen-bond acceptors (Lipinski definition) is 4. The van der Waals surface area contributed by atoms with Crippen molar-refractivity contribution in [3.8, 4) is 0 Å². The molecular formula is C14H15BrN4OS. The van der Waals surface area contributed by atoms with E-state index in [9.17, 15) is 4.79 Å². The van der Waals surface area contributed by atoms with Crippen molar-refractivity contribution in [3.05, 3.63) is 47.7 Å². The number of carbonyl (C=O) groups is 1. The molecule has 0 saturated carbocycles. The number of rotatable bonds is 6. The molecule has 7 heteroatoms. The van der Waals surface area contributed by atoms with Crippen LogP contribution in [0.4, 0.5) is 5.69 Å². The third kappa shape index (κ3) is 4.44. The van der Waals surface area contributed by atoms with Gasteiger partial charge in [-0.15, -0.1) is 16.8 Å². The number of anilines is 1. The van der Waals surface area contributed by atoms with Crippen LogP contribution in [0.3, 0.4) is 0 Å². The topological polar surface area (TPSA) is 59.8 Å². The molecule has 1 unspecified atom stereocenters. The Morgan fingerprint density at radius 1 is 1.62 bits per heavy atom. The second kappa shape index (κ2) is 7.42. The van der Waals surface area contributed by atoms with Crippen molar-refractivity contribution in [2.24, 2.45) is 0 Å². The van der Waals surface area contributed by atoms with Crippen molar-refractivity contribution in [1.29, 1.82) is 0 Å². The van der Waals surface area contributed by atoms with E-state index in [1.54, 1.807) is 12.4 Å². The fourth-order valence-corrected chi connectivity index (χ4v) is 2.85. The SMILES string of the molecule is C=CCn1cnnc1SC(C)C(=O)Nc1cccc(Br)c1. The zero-order chi connectivity index (χ0) is 15.2. The maximum atomic E-state index is 12.2. The lowest BCUT2D eigenvalue weighted by Gasteiger charge is -2.12. The number of hydrogen-bond donors (Lipinski definition) is 1. The number of halogens is 1. The van der Waals surface area contributed by atoms with Gasteiger partial charge in [-0.05, 0) is 25.1 Å². The van der Waals surface area contributed by atoms with E-state index in [0.717, 1.165) is 10.2 Å². The molecule has 21 heavy (non-hydrogen) atoms. The van der Waals surface area contributed by atoms with E-state index in [1.807, 2.05) is 35.8 Å². The zero-order valence-corrected chi connectivity index (χ0v) is 13.9. The minimum absolute atomic E-state index is 0.0775. The van der Waals surface area contributed by atoms with Gasteiger partial charge in [0.2, 0.25) is 5.91 Å². The van der Waals surface area contributed by atoms with Gasteiger partial charge in [0.25, 0.3) is 0 Å². The predicted molar refractivity (Wildman–Crippen MR) is 88.3 cm³/mol. The highest BCUT2D eigenvalue weighted by molar-refractivity contribution is 9.10. The molecule has 2 aromatic rings. The summed E-state index contributed by atoms with van der Waals surface area (Å²) in [4.78, 5) is 12.2. The van der Waals surface area contributed by atoms with Crippen LogP contribution >= 0.6 is 27.7 Å². The maximum Gasteiger partial charge on any atom is 0.237 e. The van der Waals surface area contributed by atoms with E-state index in [-0.39, 0.29) is 11.2 Å². The van der Waals surface area contributed by atoms with Crippen molar-refractivity contribution >= 4 is 39.3 Å². The van der Waals surface area contributed by atoms with Crippen LogP contribution in [0.15, 0.2) is 52.9 Å². The number of benzene rings is 1. The summed E-state index contributed by atoms with van der Waals surface area (Å²) in [6.07, 6.45) is 3.39. The number of amides is 1. The summed E-state index contributed by atoms with van der Waals surface area (Å²) in [5, 5.41) is 11.2. The third-order valence-corrected chi connectivity index (χ3v) is 4.24. The lowest BCUT2D eigenvalue weighted by Crippen LogP contribution is -2.22. The van der Waals surface area contributed by atoms with E-state index in [2.05, 4.69) is 38.0 Å². The van der Waals surface area contributed by atoms with Gasteiger partial charge in [0.05, 0.1) is 5.25 Å². The molecule has 0 aliphatic carbocycles. The van der Waals surface area contributed by atoms with Crippen LogP contribution in [0.5, 0.6) is 0 Å². The Labute approximate surface area is 136 Å². The van der Waals surface area contributed by atoms with Crippen LogP contribution < -0.4 is 5.32 Å². The molecule has 0 radical (unpaired) electrons. The molecule has 1 amide bonds. The van der Waals surface area contributed by atoms with Gasteiger partial charge in [0.15, 0.2) is 5.16 Å². The molecule has 0 aliphatic rings. The van der Waals surface area contributed by atoms with Gasteiger partial charge >= 0.3 is 0 Å². The molecule has 5 nitrogen and oxygen atoms in total. The molecule has 2 rings (SSSR count). The standard InChI is InChI=1S/C14H15BrN4OS/c1-3-7-19-9-16-18-14(19)21-10(2)13(20)17-12-6-4-5-11(15)8-12/h3-6,8-10H,1,7H2,2H3,(H,17,20). The van der Waals surface area contributed by atoms with Gasteiger partial charge in [-0.25, -0.2) is 0 Å². The van der Waals surface area contributed by atoms with Crippen molar-refractivity contribution in [2.45, 2.75) is 23.9 Å². The quantitative estimate of drug-likeness (QED) is 0.628. The molecule has 0 fully saturated rings. The number of nitrogens with zero attached hydrogens (tertiary/aromatic N) is 3. The van der Waals surface area contributed by atoms with Crippen LogP contribution in [0.25, 0.3) is 0 Å². The van der Waals surface area contributed by atoms with Gasteiger partial charge in [0.1, 0.15) is 6.33 Å². The fourth-order valence-electron chi connectivity index (χ4n) is 1.62. The third-order valence-electron chi connectivity index (χ3n) is 2.65. The summed E-state index contributed by atoms with van der Waals surface area (Å²) in [5.41, 5.74) is 0.759. The molecule has 1 aromatic carbocycles. The smallest absolute Gasteiger partial charge is 0.237 e. The predicted octanol–water partition coefficient (Wildman–Crippen LogP) is 3.35. The highest BCUT2D eigenvalue weighted by atomic mass is 79.9. The van der Waals surface area contributed by atoms with E-state index in [0.29, 0.717) is 11.7 Å². The number of thioether (sulfide) groups is 1. The van der Waals surface area contributed by atoms with Gasteiger partial charge in [-0.2, -0.15) is 0 Å².